The molecule has 240 valence electrons. The van der Waals surface area contributed by atoms with Crippen LogP contribution < -0.4 is 4.90 Å². The largest absolute Gasteiger partial charge is 0.311 e. The van der Waals surface area contributed by atoms with E-state index in [9.17, 15) is 11.0 Å². The molecule has 51 heavy (non-hydrogen) atoms. The minimum Gasteiger partial charge on any atom is -0.311 e. The number of rotatable bonds is 7. The number of hydrogen-bond donors (Lipinski definition) is 0. The summed E-state index contributed by atoms with van der Waals surface area (Å²) in [4.78, 5) is 0.766. The average Bonchev–Trinajstić information content (AvgIpc) is 3.32. The standard InChI is InChI=1S/C50H35N/c1-4-14-37(15-5-1)46-33-28-40(34-49(46)38-16-6-2-7-17-38)36-24-29-43(30-25-36)51(42-19-8-3-9-20-42)44-31-26-39(27-32-44)50-35-41-18-10-11-21-45(41)47-22-12-13-23-48(47)50/h1-35H/i3D,8D,9D,19D,20D,24D,25D,26D,27D,29D,30D,31D,32D. The second-order valence-corrected chi connectivity index (χ2v) is 11.9. The summed E-state index contributed by atoms with van der Waals surface area (Å²) >= 11 is 0. The van der Waals surface area contributed by atoms with E-state index in [1.807, 2.05) is 109 Å². The Morgan fingerprint density at radius 3 is 1.51 bits per heavy atom. The van der Waals surface area contributed by atoms with Gasteiger partial charge in [0.25, 0.3) is 0 Å². The first-order valence-electron chi connectivity index (χ1n) is 23.0. The molecular weight excluding hydrogens is 615 g/mol. The Morgan fingerprint density at radius 1 is 0.314 bits per heavy atom. The summed E-state index contributed by atoms with van der Waals surface area (Å²) in [5.41, 5.74) is 2.01. The first kappa shape index (κ1) is 19.5. The van der Waals surface area contributed by atoms with E-state index in [0.717, 1.165) is 43.3 Å². The lowest BCUT2D eigenvalue weighted by molar-refractivity contribution is 1.28. The molecule has 9 aromatic rings. The Labute approximate surface area is 317 Å². The van der Waals surface area contributed by atoms with Crippen molar-refractivity contribution >= 4 is 38.6 Å². The quantitative estimate of drug-likeness (QED) is 0.154. The molecule has 0 saturated carbocycles. The lowest BCUT2D eigenvalue weighted by atomic mass is 9.91. The zero-order valence-electron chi connectivity index (χ0n) is 40.1. The molecule has 0 aliphatic heterocycles. The highest BCUT2D eigenvalue weighted by Crippen LogP contribution is 2.40. The number of nitrogens with zero attached hydrogens (tertiary/aromatic N) is 1. The van der Waals surface area contributed by atoms with Crippen molar-refractivity contribution in [1.82, 2.24) is 0 Å². The van der Waals surface area contributed by atoms with E-state index in [0.29, 0.717) is 16.5 Å². The van der Waals surface area contributed by atoms with Gasteiger partial charge in [-0.3, -0.25) is 0 Å². The van der Waals surface area contributed by atoms with Crippen molar-refractivity contribution in [3.63, 3.8) is 0 Å². The maximum atomic E-state index is 9.53. The fourth-order valence-electron chi connectivity index (χ4n) is 6.49. The van der Waals surface area contributed by atoms with Crippen molar-refractivity contribution in [2.24, 2.45) is 0 Å². The Balaban J connectivity index is 1.32. The number of para-hydroxylation sites is 1. The summed E-state index contributed by atoms with van der Waals surface area (Å²) in [5, 5.41) is 3.16. The maximum absolute atomic E-state index is 9.53. The van der Waals surface area contributed by atoms with Crippen LogP contribution in [-0.4, -0.2) is 0 Å². The van der Waals surface area contributed by atoms with Crippen LogP contribution in [0.25, 0.3) is 66.1 Å². The van der Waals surface area contributed by atoms with Gasteiger partial charge in [-0.2, -0.15) is 0 Å². The van der Waals surface area contributed by atoms with Crippen molar-refractivity contribution in [1.29, 1.82) is 0 Å². The highest BCUT2D eigenvalue weighted by molar-refractivity contribution is 6.13. The highest BCUT2D eigenvalue weighted by atomic mass is 15.1. The number of anilines is 3. The zero-order valence-corrected chi connectivity index (χ0v) is 27.1. The maximum Gasteiger partial charge on any atom is 0.0645 e. The van der Waals surface area contributed by atoms with Crippen molar-refractivity contribution in [2.75, 3.05) is 4.90 Å². The van der Waals surface area contributed by atoms with Crippen LogP contribution in [-0.2, 0) is 0 Å². The molecule has 0 heterocycles. The monoisotopic (exact) mass is 662 g/mol. The smallest absolute Gasteiger partial charge is 0.0645 e. The Hall–Kier alpha value is -6.70. The molecule has 9 rings (SSSR count). The molecule has 1 nitrogen and oxygen atoms in total. The fraction of sp³-hybridized carbons (Fsp3) is 0. The topological polar surface area (TPSA) is 3.24 Å². The van der Waals surface area contributed by atoms with E-state index in [-0.39, 0.29) is 11.1 Å². The van der Waals surface area contributed by atoms with Gasteiger partial charge in [-0.05, 0) is 114 Å². The molecule has 0 amide bonds. The number of hydrogen-bond acceptors (Lipinski definition) is 1. The third kappa shape index (κ3) is 5.86. The van der Waals surface area contributed by atoms with Gasteiger partial charge in [0, 0.05) is 17.1 Å². The van der Waals surface area contributed by atoms with Crippen LogP contribution in [0.5, 0.6) is 0 Å². The first-order chi connectivity index (χ1) is 30.7. The molecule has 0 aromatic heterocycles. The van der Waals surface area contributed by atoms with Gasteiger partial charge in [0.15, 0.2) is 0 Å². The Morgan fingerprint density at radius 2 is 0.843 bits per heavy atom. The van der Waals surface area contributed by atoms with Crippen LogP contribution in [0.3, 0.4) is 0 Å². The van der Waals surface area contributed by atoms with Crippen LogP contribution in [0, 0.1) is 0 Å². The summed E-state index contributed by atoms with van der Waals surface area (Å²) in [5.74, 6) is 0. The van der Waals surface area contributed by atoms with Gasteiger partial charge >= 0.3 is 0 Å². The van der Waals surface area contributed by atoms with Crippen LogP contribution in [0.15, 0.2) is 212 Å². The van der Waals surface area contributed by atoms with E-state index in [4.69, 9.17) is 6.85 Å². The second kappa shape index (κ2) is 13.3. The minimum absolute atomic E-state index is 0.0650. The third-order valence-corrected chi connectivity index (χ3v) is 8.90. The summed E-state index contributed by atoms with van der Waals surface area (Å²) in [6.07, 6.45) is 0. The van der Waals surface area contributed by atoms with Gasteiger partial charge in [0.05, 0.1) is 17.8 Å². The van der Waals surface area contributed by atoms with Crippen molar-refractivity contribution in [3.05, 3.63) is 212 Å². The molecule has 0 aliphatic carbocycles. The average molecular weight is 663 g/mol. The predicted octanol–water partition coefficient (Wildman–Crippen LogP) is 14.1. The van der Waals surface area contributed by atoms with Crippen molar-refractivity contribution in [2.45, 2.75) is 0 Å². The summed E-state index contributed by atoms with van der Waals surface area (Å²) < 4.78 is 119. The van der Waals surface area contributed by atoms with Crippen molar-refractivity contribution in [3.8, 4) is 44.5 Å². The number of fused-ring (bicyclic) bond motifs is 3. The molecule has 0 unspecified atom stereocenters. The van der Waals surface area contributed by atoms with Gasteiger partial charge in [0.2, 0.25) is 0 Å². The predicted molar refractivity (Wildman–Crippen MR) is 218 cm³/mol. The van der Waals surface area contributed by atoms with E-state index < -0.39 is 95.6 Å². The lowest BCUT2D eigenvalue weighted by Crippen LogP contribution is -2.09. The molecular formula is C50H35N. The first-order valence-corrected chi connectivity index (χ1v) is 16.5. The van der Waals surface area contributed by atoms with Gasteiger partial charge in [-0.15, -0.1) is 0 Å². The van der Waals surface area contributed by atoms with Gasteiger partial charge in [-0.25, -0.2) is 0 Å². The van der Waals surface area contributed by atoms with Crippen LogP contribution in [0.2, 0.25) is 0 Å². The van der Waals surface area contributed by atoms with Crippen LogP contribution >= 0.6 is 0 Å². The molecule has 0 bridgehead atoms. The van der Waals surface area contributed by atoms with Gasteiger partial charge in [0.1, 0.15) is 0 Å². The molecule has 0 N–H and O–H groups in total. The van der Waals surface area contributed by atoms with Crippen LogP contribution in [0.1, 0.15) is 17.8 Å². The van der Waals surface area contributed by atoms with E-state index in [2.05, 4.69) is 0 Å². The summed E-state index contributed by atoms with van der Waals surface area (Å²) in [6.45, 7) is 0. The normalized spacial score (nSPS) is 14.7. The molecule has 0 fully saturated rings. The fourth-order valence-corrected chi connectivity index (χ4v) is 6.49. The molecule has 0 saturated heterocycles. The zero-order chi connectivity index (χ0) is 45.3. The third-order valence-electron chi connectivity index (χ3n) is 8.90. The molecule has 0 spiro atoms. The second-order valence-electron chi connectivity index (χ2n) is 11.9. The molecule has 1 heteroatoms. The molecule has 0 radical (unpaired) electrons. The van der Waals surface area contributed by atoms with E-state index in [1.165, 1.54) is 0 Å². The number of benzene rings is 9. The van der Waals surface area contributed by atoms with Gasteiger partial charge in [-0.1, -0.05) is 164 Å². The van der Waals surface area contributed by atoms with Crippen molar-refractivity contribution < 1.29 is 17.8 Å². The molecule has 9 aromatic carbocycles. The minimum atomic E-state index is -0.822. The van der Waals surface area contributed by atoms with E-state index >= 15 is 0 Å². The summed E-state index contributed by atoms with van der Waals surface area (Å²) in [7, 11) is 0. The molecule has 0 atom stereocenters. The highest BCUT2D eigenvalue weighted by Gasteiger charge is 2.15. The lowest BCUT2D eigenvalue weighted by Gasteiger charge is -2.26. The summed E-state index contributed by atoms with van der Waals surface area (Å²) in [6, 6.07) is 32.2. The molecule has 0 aliphatic rings. The van der Waals surface area contributed by atoms with Crippen LogP contribution in [0.4, 0.5) is 17.1 Å². The SMILES string of the molecule is [2H]c1c([2H])c([2H])c(N(c2c([2H])c([2H])c(-c3ccc(-c4ccccc4)c(-c4ccccc4)c3)c([2H])c2[2H])c2c([2H])c([2H])c(-c3cc4ccccc4c4ccccc34)c([2H])c2[2H])c([2H])c1[2H]. The van der Waals surface area contributed by atoms with Gasteiger partial charge < -0.3 is 4.90 Å². The Bertz CT molecular complexity index is 3290. The van der Waals surface area contributed by atoms with E-state index in [1.54, 1.807) is 24.3 Å². The Kier molecular flexibility index (Phi) is 5.08.